The van der Waals surface area contributed by atoms with Crippen LogP contribution in [0.1, 0.15) is 32.2 Å². The quantitative estimate of drug-likeness (QED) is 0.434. The van der Waals surface area contributed by atoms with Gasteiger partial charge in [0.1, 0.15) is 0 Å². The highest BCUT2D eigenvalue weighted by atomic mass is 32.1. The van der Waals surface area contributed by atoms with Gasteiger partial charge in [-0.15, -0.1) is 24.0 Å². The number of rotatable bonds is 1. The average molecular weight is 333 g/mol. The van der Waals surface area contributed by atoms with Gasteiger partial charge >= 0.3 is 0 Å². The molecule has 4 heteroatoms. The Labute approximate surface area is 142 Å². The first-order chi connectivity index (χ1) is 10.6. The molecule has 0 aliphatic rings. The third-order valence-corrected chi connectivity index (χ3v) is 4.17. The van der Waals surface area contributed by atoms with Crippen molar-refractivity contribution in [3.05, 3.63) is 53.5 Å². The zero-order valence-electron chi connectivity index (χ0n) is 13.4. The number of thiazole rings is 1. The molecule has 0 bridgehead atoms. The number of fused-ring (bicyclic) bond motifs is 1. The van der Waals surface area contributed by atoms with E-state index in [-0.39, 0.29) is 0 Å². The van der Waals surface area contributed by atoms with Crippen molar-refractivity contribution in [2.24, 2.45) is 0 Å². The number of para-hydroxylation sites is 2. The second kappa shape index (κ2) is 10.2. The molecule has 2 aromatic carbocycles. The summed E-state index contributed by atoms with van der Waals surface area (Å²) in [5, 5.41) is 1.23. The van der Waals surface area contributed by atoms with Gasteiger partial charge in [0.2, 0.25) is 0 Å². The van der Waals surface area contributed by atoms with Crippen molar-refractivity contribution in [1.82, 2.24) is 4.98 Å². The maximum atomic E-state index is 5.44. The molecule has 0 unspecified atom stereocenters. The highest BCUT2D eigenvalue weighted by Gasteiger charge is 1.98. The molecular formula is C18H24N2S2. The summed E-state index contributed by atoms with van der Waals surface area (Å²) in [4.78, 5) is 5.29. The van der Waals surface area contributed by atoms with Crippen LogP contribution in [0.25, 0.3) is 10.2 Å². The number of nitrogens with two attached hydrogens (primary N) is 1. The Morgan fingerprint density at radius 3 is 2.09 bits per heavy atom. The van der Waals surface area contributed by atoms with Crippen molar-refractivity contribution in [1.29, 1.82) is 0 Å². The number of aryl methyl sites for hydroxylation is 1. The molecule has 118 valence electrons. The third kappa shape index (κ3) is 6.08. The highest BCUT2D eigenvalue weighted by molar-refractivity contribution is 7.80. The third-order valence-electron chi connectivity index (χ3n) is 2.58. The van der Waals surface area contributed by atoms with E-state index < -0.39 is 0 Å². The Morgan fingerprint density at radius 2 is 1.59 bits per heavy atom. The first kappa shape index (κ1) is 18.5. The lowest BCUT2D eigenvalue weighted by molar-refractivity contribution is 1.09. The predicted molar refractivity (Wildman–Crippen MR) is 103 cm³/mol. The molecule has 2 N–H and O–H groups in total. The van der Waals surface area contributed by atoms with Crippen LogP contribution in [0.3, 0.4) is 0 Å². The van der Waals surface area contributed by atoms with E-state index in [1.54, 1.807) is 11.3 Å². The summed E-state index contributed by atoms with van der Waals surface area (Å²) in [6.45, 7) is 6.39. The van der Waals surface area contributed by atoms with Crippen molar-refractivity contribution in [2.45, 2.75) is 38.5 Å². The lowest BCUT2D eigenvalue weighted by Crippen LogP contribution is -1.83. The fourth-order valence-electron chi connectivity index (χ4n) is 1.56. The molecule has 0 aliphatic carbocycles. The average Bonchev–Trinajstić information content (AvgIpc) is 2.95. The smallest absolute Gasteiger partial charge is 0.0935 e. The minimum absolute atomic E-state index is 0.732. The van der Waals surface area contributed by atoms with Crippen LogP contribution in [0, 0.1) is 0 Å². The van der Waals surface area contributed by atoms with E-state index >= 15 is 0 Å². The summed E-state index contributed by atoms with van der Waals surface area (Å²) < 4.78 is 1.30. The van der Waals surface area contributed by atoms with Crippen LogP contribution in [-0.4, -0.2) is 4.98 Å². The number of hydrogen-bond donors (Lipinski definition) is 2. The van der Waals surface area contributed by atoms with Crippen molar-refractivity contribution in [3.63, 3.8) is 0 Å². The molecule has 3 rings (SSSR count). The van der Waals surface area contributed by atoms with Gasteiger partial charge in [0.25, 0.3) is 0 Å². The summed E-state index contributed by atoms with van der Waals surface area (Å²) in [5.74, 6) is 0. The second-order valence-electron chi connectivity index (χ2n) is 4.69. The minimum Gasteiger partial charge on any atom is -0.398 e. The van der Waals surface area contributed by atoms with Crippen molar-refractivity contribution in [3.8, 4) is 0 Å². The summed E-state index contributed by atoms with van der Waals surface area (Å²) in [5.41, 5.74) is 7.31. The van der Waals surface area contributed by atoms with Crippen LogP contribution >= 0.6 is 24.0 Å². The molecule has 3 aromatic rings. The number of nitrogen functional groups attached to an aromatic ring is 1. The Balaban J connectivity index is 0.000000194. The second-order valence-corrected chi connectivity index (χ2v) is 6.29. The molecule has 0 radical (unpaired) electrons. The molecule has 1 aromatic heterocycles. The van der Waals surface area contributed by atoms with E-state index in [1.807, 2.05) is 30.3 Å². The zero-order chi connectivity index (χ0) is 16.4. The van der Waals surface area contributed by atoms with Gasteiger partial charge < -0.3 is 5.73 Å². The highest BCUT2D eigenvalue weighted by Crippen LogP contribution is 2.21. The normalized spacial score (nSPS) is 9.45. The van der Waals surface area contributed by atoms with Crippen molar-refractivity contribution >= 4 is 39.9 Å². The largest absolute Gasteiger partial charge is 0.398 e. The molecule has 0 aliphatic heterocycles. The van der Waals surface area contributed by atoms with E-state index in [4.69, 9.17) is 5.73 Å². The van der Waals surface area contributed by atoms with Crippen LogP contribution in [0.15, 0.2) is 53.4 Å². The van der Waals surface area contributed by atoms with Gasteiger partial charge in [0.15, 0.2) is 0 Å². The molecule has 0 spiro atoms. The van der Waals surface area contributed by atoms with Crippen LogP contribution in [0.5, 0.6) is 0 Å². The number of aromatic nitrogens is 1. The standard InChI is InChI=1S/C9H9NS.C6H7NS.C3H8/c1-2-9-10-7-5-3-4-6-8(7)11-9;7-5-3-1-2-4-6(5)8;1-3-2/h3-6H,2H2,1H3;1-4,8H,7H2;3H2,1-2H3. The Morgan fingerprint density at radius 1 is 1.00 bits per heavy atom. The summed E-state index contributed by atoms with van der Waals surface area (Å²) in [6, 6.07) is 15.7. The maximum Gasteiger partial charge on any atom is 0.0935 e. The Hall–Kier alpha value is -1.52. The molecule has 0 fully saturated rings. The zero-order valence-corrected chi connectivity index (χ0v) is 15.1. The lowest BCUT2D eigenvalue weighted by Gasteiger charge is -1.92. The number of hydrogen-bond acceptors (Lipinski definition) is 4. The number of thiol groups is 1. The van der Waals surface area contributed by atoms with E-state index in [0.717, 1.165) is 22.5 Å². The van der Waals surface area contributed by atoms with Crippen LogP contribution < -0.4 is 5.73 Å². The SMILES string of the molecule is CCC.CCc1nc2ccccc2s1.Nc1ccccc1S. The molecule has 0 saturated carbocycles. The summed E-state index contributed by atoms with van der Waals surface area (Å²) >= 11 is 5.86. The fourth-order valence-corrected chi connectivity index (χ4v) is 2.63. The minimum atomic E-state index is 0.732. The van der Waals surface area contributed by atoms with Crippen LogP contribution in [0.2, 0.25) is 0 Å². The van der Waals surface area contributed by atoms with E-state index in [9.17, 15) is 0 Å². The van der Waals surface area contributed by atoms with Gasteiger partial charge in [-0.05, 0) is 30.7 Å². The van der Waals surface area contributed by atoms with Gasteiger partial charge in [-0.2, -0.15) is 0 Å². The predicted octanol–water partition coefficient (Wildman–Crippen LogP) is 5.83. The van der Waals surface area contributed by atoms with Crippen LogP contribution in [0.4, 0.5) is 5.69 Å². The number of nitrogens with zero attached hydrogens (tertiary/aromatic N) is 1. The van der Waals surface area contributed by atoms with Gasteiger partial charge in [-0.3, -0.25) is 0 Å². The van der Waals surface area contributed by atoms with Crippen molar-refractivity contribution < 1.29 is 0 Å². The monoisotopic (exact) mass is 332 g/mol. The molecule has 2 nitrogen and oxygen atoms in total. The summed E-state index contributed by atoms with van der Waals surface area (Å²) in [7, 11) is 0. The van der Waals surface area contributed by atoms with Crippen molar-refractivity contribution in [2.75, 3.05) is 5.73 Å². The molecule has 0 atom stereocenters. The molecule has 0 amide bonds. The fraction of sp³-hybridized carbons (Fsp3) is 0.278. The number of benzene rings is 2. The number of anilines is 1. The van der Waals surface area contributed by atoms with E-state index in [0.29, 0.717) is 0 Å². The first-order valence-electron chi connectivity index (χ1n) is 7.50. The lowest BCUT2D eigenvalue weighted by atomic mass is 10.3. The molecule has 0 saturated heterocycles. The van der Waals surface area contributed by atoms with E-state index in [1.165, 1.54) is 16.1 Å². The van der Waals surface area contributed by atoms with E-state index in [2.05, 4.69) is 56.6 Å². The molecule has 1 heterocycles. The van der Waals surface area contributed by atoms with Gasteiger partial charge in [-0.1, -0.05) is 51.5 Å². The van der Waals surface area contributed by atoms with Gasteiger partial charge in [0.05, 0.1) is 15.2 Å². The first-order valence-corrected chi connectivity index (χ1v) is 8.76. The topological polar surface area (TPSA) is 38.9 Å². The summed E-state index contributed by atoms with van der Waals surface area (Å²) in [6.07, 6.45) is 2.29. The maximum absolute atomic E-state index is 5.44. The van der Waals surface area contributed by atoms with Gasteiger partial charge in [0, 0.05) is 10.6 Å². The molecule has 22 heavy (non-hydrogen) atoms. The Bertz CT molecular complexity index is 623. The molecular weight excluding hydrogens is 308 g/mol. The van der Waals surface area contributed by atoms with Gasteiger partial charge in [-0.25, -0.2) is 4.98 Å². The van der Waals surface area contributed by atoms with Crippen LogP contribution in [-0.2, 0) is 6.42 Å². The Kier molecular flexibility index (Phi) is 8.63.